The Morgan fingerprint density at radius 3 is 2.71 bits per heavy atom. The Bertz CT molecular complexity index is 672. The molecule has 0 spiro atoms. The number of hydrogen-bond acceptors (Lipinski definition) is 4. The molecule has 0 radical (unpaired) electrons. The highest BCUT2D eigenvalue weighted by atomic mass is 79.9. The van der Waals surface area contributed by atoms with E-state index in [1.807, 2.05) is 0 Å². The van der Waals surface area contributed by atoms with Gasteiger partial charge in [0.2, 0.25) is 0 Å². The topological polar surface area (TPSA) is 69.4 Å². The maximum absolute atomic E-state index is 10.9. The molecule has 5 nitrogen and oxygen atoms in total. The van der Waals surface area contributed by atoms with Crippen molar-refractivity contribution in [2.45, 2.75) is 6.42 Å². The molecule has 0 bridgehead atoms. The number of nitro groups is 1. The summed E-state index contributed by atoms with van der Waals surface area (Å²) in [5, 5.41) is 10.9. The molecule has 0 N–H and O–H groups in total. The molecule has 6 heteroatoms. The first-order valence-corrected chi connectivity index (χ1v) is 7.01. The van der Waals surface area contributed by atoms with Crippen molar-refractivity contribution in [1.82, 2.24) is 0 Å². The fourth-order valence-corrected chi connectivity index (χ4v) is 2.22. The van der Waals surface area contributed by atoms with Crippen molar-refractivity contribution in [1.29, 1.82) is 0 Å². The van der Waals surface area contributed by atoms with E-state index in [9.17, 15) is 14.9 Å². The molecule has 0 atom stereocenters. The molecular formula is C15H12BrNO4. The number of carbonyl (C=O) groups is 1. The fraction of sp³-hybridized carbons (Fsp3) is 0.133. The summed E-state index contributed by atoms with van der Waals surface area (Å²) in [6.45, 7) is 0.296. The summed E-state index contributed by atoms with van der Waals surface area (Å²) in [6, 6.07) is 11.6. The molecule has 21 heavy (non-hydrogen) atoms. The van der Waals surface area contributed by atoms with E-state index < -0.39 is 4.92 Å². The van der Waals surface area contributed by atoms with E-state index in [4.69, 9.17) is 4.74 Å². The Labute approximate surface area is 129 Å². The minimum absolute atomic E-state index is 0.0884. The first-order chi connectivity index (χ1) is 10.1. The van der Waals surface area contributed by atoms with Crippen molar-refractivity contribution in [3.05, 3.63) is 68.2 Å². The largest absolute Gasteiger partial charge is 0.493 e. The lowest BCUT2D eigenvalue weighted by atomic mass is 10.1. The van der Waals surface area contributed by atoms with Crippen molar-refractivity contribution in [3.63, 3.8) is 0 Å². The van der Waals surface area contributed by atoms with Crippen molar-refractivity contribution < 1.29 is 14.5 Å². The highest BCUT2D eigenvalue weighted by Gasteiger charge is 2.12. The SMILES string of the molecule is O=Cc1cc(OCCc2ccccc2[N+](=O)[O-])ccc1Br. The predicted octanol–water partition coefficient (Wildman–Crippen LogP) is 3.79. The van der Waals surface area contributed by atoms with Crippen LogP contribution in [0, 0.1) is 10.1 Å². The second-order valence-corrected chi connectivity index (χ2v) is 5.14. The van der Waals surface area contributed by atoms with E-state index in [1.54, 1.807) is 36.4 Å². The Kier molecular flexibility index (Phi) is 5.05. The highest BCUT2D eigenvalue weighted by Crippen LogP contribution is 2.22. The quantitative estimate of drug-likeness (QED) is 0.452. The summed E-state index contributed by atoms with van der Waals surface area (Å²) in [5.74, 6) is 0.555. The Hall–Kier alpha value is -2.21. The van der Waals surface area contributed by atoms with Crippen LogP contribution >= 0.6 is 15.9 Å². The lowest BCUT2D eigenvalue weighted by molar-refractivity contribution is -0.385. The summed E-state index contributed by atoms with van der Waals surface area (Å²) < 4.78 is 6.24. The Morgan fingerprint density at radius 1 is 1.24 bits per heavy atom. The Morgan fingerprint density at radius 2 is 2.00 bits per heavy atom. The van der Waals surface area contributed by atoms with Gasteiger partial charge in [-0.25, -0.2) is 0 Å². The van der Waals surface area contributed by atoms with Gasteiger partial charge >= 0.3 is 0 Å². The van der Waals surface area contributed by atoms with Gasteiger partial charge in [0.05, 0.1) is 11.5 Å². The monoisotopic (exact) mass is 349 g/mol. The van der Waals surface area contributed by atoms with Crippen LogP contribution in [0.15, 0.2) is 46.9 Å². The number of hydrogen-bond donors (Lipinski definition) is 0. The van der Waals surface area contributed by atoms with Crippen LogP contribution in [0.5, 0.6) is 5.75 Å². The zero-order valence-corrected chi connectivity index (χ0v) is 12.6. The van der Waals surface area contributed by atoms with Crippen LogP contribution in [-0.2, 0) is 6.42 Å². The molecule has 0 heterocycles. The van der Waals surface area contributed by atoms with Gasteiger partial charge in [0.15, 0.2) is 6.29 Å². The van der Waals surface area contributed by atoms with E-state index >= 15 is 0 Å². The zero-order chi connectivity index (χ0) is 15.2. The minimum Gasteiger partial charge on any atom is -0.493 e. The average molecular weight is 350 g/mol. The fourth-order valence-electron chi connectivity index (χ4n) is 1.88. The van der Waals surface area contributed by atoms with Crippen molar-refractivity contribution in [2.24, 2.45) is 0 Å². The smallest absolute Gasteiger partial charge is 0.272 e. The number of ether oxygens (including phenoxy) is 1. The molecule has 0 saturated carbocycles. The van der Waals surface area contributed by atoms with Crippen LogP contribution in [0.4, 0.5) is 5.69 Å². The summed E-state index contributed by atoms with van der Waals surface area (Å²) >= 11 is 3.26. The Balaban J connectivity index is 2.02. The lowest BCUT2D eigenvalue weighted by Gasteiger charge is -2.08. The van der Waals surface area contributed by atoms with Crippen molar-refractivity contribution in [3.8, 4) is 5.75 Å². The van der Waals surface area contributed by atoms with Crippen LogP contribution in [-0.4, -0.2) is 17.8 Å². The van der Waals surface area contributed by atoms with Gasteiger partial charge in [-0.15, -0.1) is 0 Å². The first kappa shape index (κ1) is 15.2. The number of nitro benzene ring substituents is 1. The molecule has 108 valence electrons. The van der Waals surface area contributed by atoms with Gasteiger partial charge in [-0.1, -0.05) is 34.1 Å². The molecule has 2 aromatic rings. The predicted molar refractivity (Wildman–Crippen MR) is 81.8 cm³/mol. The van der Waals surface area contributed by atoms with Gasteiger partial charge in [-0.2, -0.15) is 0 Å². The third-order valence-electron chi connectivity index (χ3n) is 2.92. The third kappa shape index (κ3) is 3.88. The molecule has 0 amide bonds. The molecule has 2 aromatic carbocycles. The van der Waals surface area contributed by atoms with E-state index in [-0.39, 0.29) is 5.69 Å². The maximum atomic E-state index is 10.9. The van der Waals surface area contributed by atoms with Gasteiger partial charge in [-0.3, -0.25) is 14.9 Å². The average Bonchev–Trinajstić information content (AvgIpc) is 2.49. The van der Waals surface area contributed by atoms with Crippen LogP contribution in [0.3, 0.4) is 0 Å². The number of nitrogens with zero attached hydrogens (tertiary/aromatic N) is 1. The minimum atomic E-state index is -0.403. The lowest BCUT2D eigenvalue weighted by Crippen LogP contribution is -2.04. The molecular weight excluding hydrogens is 338 g/mol. The van der Waals surface area contributed by atoms with Crippen molar-refractivity contribution in [2.75, 3.05) is 6.61 Å². The van der Waals surface area contributed by atoms with Crippen molar-refractivity contribution >= 4 is 27.9 Å². The summed E-state index contributed by atoms with van der Waals surface area (Å²) in [4.78, 5) is 21.3. The van der Waals surface area contributed by atoms with Gasteiger partial charge in [0.25, 0.3) is 5.69 Å². The molecule has 0 aliphatic heterocycles. The van der Waals surface area contributed by atoms with E-state index in [2.05, 4.69) is 15.9 Å². The summed E-state index contributed by atoms with van der Waals surface area (Å²) in [7, 11) is 0. The zero-order valence-electron chi connectivity index (χ0n) is 11.0. The van der Waals surface area contributed by atoms with Crippen LogP contribution in [0.25, 0.3) is 0 Å². The number of benzene rings is 2. The number of rotatable bonds is 6. The highest BCUT2D eigenvalue weighted by molar-refractivity contribution is 9.10. The van der Waals surface area contributed by atoms with Gasteiger partial charge in [-0.05, 0) is 18.2 Å². The number of halogens is 1. The van der Waals surface area contributed by atoms with Gasteiger partial charge in [0, 0.05) is 28.1 Å². The molecule has 0 fully saturated rings. The van der Waals surface area contributed by atoms with E-state index in [0.29, 0.717) is 34.4 Å². The number of carbonyl (C=O) groups excluding carboxylic acids is 1. The van der Waals surface area contributed by atoms with Crippen LogP contribution in [0.2, 0.25) is 0 Å². The number of para-hydroxylation sites is 1. The third-order valence-corrected chi connectivity index (χ3v) is 3.65. The second kappa shape index (κ2) is 6.99. The van der Waals surface area contributed by atoms with E-state index in [0.717, 1.165) is 6.29 Å². The molecule has 0 aromatic heterocycles. The molecule has 2 rings (SSSR count). The number of aldehydes is 1. The second-order valence-electron chi connectivity index (χ2n) is 4.29. The maximum Gasteiger partial charge on any atom is 0.272 e. The molecule has 0 saturated heterocycles. The molecule has 0 unspecified atom stereocenters. The van der Waals surface area contributed by atoms with E-state index in [1.165, 1.54) is 6.07 Å². The summed E-state index contributed by atoms with van der Waals surface area (Å²) in [5.41, 5.74) is 1.21. The first-order valence-electron chi connectivity index (χ1n) is 6.21. The van der Waals surface area contributed by atoms with Crippen LogP contribution in [0.1, 0.15) is 15.9 Å². The standard InChI is InChI=1S/C15H12BrNO4/c16-14-6-5-13(9-12(14)10-18)21-8-7-11-3-1-2-4-15(11)17(19)20/h1-6,9-10H,7-8H2. The normalized spacial score (nSPS) is 10.1. The van der Waals surface area contributed by atoms with Crippen LogP contribution < -0.4 is 4.74 Å². The molecule has 0 aliphatic carbocycles. The summed E-state index contributed by atoms with van der Waals surface area (Å²) in [6.07, 6.45) is 1.16. The van der Waals surface area contributed by atoms with Gasteiger partial charge in [0.1, 0.15) is 5.75 Å². The van der Waals surface area contributed by atoms with Gasteiger partial charge < -0.3 is 4.74 Å². The molecule has 0 aliphatic rings.